The third-order valence-electron chi connectivity index (χ3n) is 7.42. The molecule has 4 saturated heterocycles. The number of phenols is 1. The molecule has 2 N–H and O–H groups in total. The van der Waals surface area contributed by atoms with E-state index in [1.54, 1.807) is 6.07 Å². The van der Waals surface area contributed by atoms with Gasteiger partial charge in [-0.15, -0.1) is 0 Å². The van der Waals surface area contributed by atoms with Crippen LogP contribution in [0.2, 0.25) is 0 Å². The number of piperidine rings is 4. The number of carbonyl (C=O) groups is 1. The summed E-state index contributed by atoms with van der Waals surface area (Å²) in [5.74, 6) is 1.32. The van der Waals surface area contributed by atoms with Gasteiger partial charge in [-0.1, -0.05) is 23.8 Å². The van der Waals surface area contributed by atoms with Crippen molar-refractivity contribution in [2.45, 2.75) is 43.3 Å². The van der Waals surface area contributed by atoms with E-state index in [1.165, 1.54) is 5.57 Å². The van der Waals surface area contributed by atoms with Crippen LogP contribution in [0.15, 0.2) is 29.8 Å². The first kappa shape index (κ1) is 12.6. The number of allylic oxidation sites excluding steroid dienone is 1. The summed E-state index contributed by atoms with van der Waals surface area (Å²) in [4.78, 5) is 16.2. The average molecular weight is 308 g/mol. The highest BCUT2D eigenvalue weighted by atomic mass is 16.3. The van der Waals surface area contributed by atoms with Gasteiger partial charge in [0.05, 0.1) is 17.1 Å². The molecular formula is C19H20N2O2. The third kappa shape index (κ3) is 1.12. The maximum absolute atomic E-state index is 13.6. The molecule has 5 heterocycles. The van der Waals surface area contributed by atoms with Gasteiger partial charge in [0.2, 0.25) is 0 Å². The summed E-state index contributed by atoms with van der Waals surface area (Å²) < 4.78 is 0. The highest BCUT2D eigenvalue weighted by Gasteiger charge is 2.73. The van der Waals surface area contributed by atoms with Crippen molar-refractivity contribution >= 4 is 11.5 Å². The third-order valence-corrected chi connectivity index (χ3v) is 7.42. The molecule has 7 unspecified atom stereocenters. The van der Waals surface area contributed by atoms with Gasteiger partial charge in [-0.05, 0) is 37.3 Å². The molecule has 7 atom stereocenters. The van der Waals surface area contributed by atoms with Gasteiger partial charge in [0, 0.05) is 24.5 Å². The number of para-hydroxylation sites is 1. The minimum atomic E-state index is -0.400. The number of rotatable bonds is 0. The van der Waals surface area contributed by atoms with Gasteiger partial charge in [-0.3, -0.25) is 9.69 Å². The fraction of sp³-hybridized carbons (Fsp3) is 0.526. The SMILES string of the molecule is CC=C1CN2C3CC45C(=O)C3C1CC2C4Nc1c(O)cccc15. The molecule has 1 saturated carbocycles. The number of hydrogen-bond acceptors (Lipinski definition) is 4. The van der Waals surface area contributed by atoms with Crippen LogP contribution in [0.3, 0.4) is 0 Å². The highest BCUT2D eigenvalue weighted by molar-refractivity contribution is 6.02. The monoisotopic (exact) mass is 308 g/mol. The number of nitrogens with zero attached hydrogens (tertiary/aromatic N) is 1. The van der Waals surface area contributed by atoms with E-state index in [1.807, 2.05) is 6.07 Å². The Morgan fingerprint density at radius 1 is 1.39 bits per heavy atom. The summed E-state index contributed by atoms with van der Waals surface area (Å²) >= 11 is 0. The van der Waals surface area contributed by atoms with Crippen LogP contribution in [0.1, 0.15) is 25.3 Å². The fourth-order valence-electron chi connectivity index (χ4n) is 6.63. The lowest BCUT2D eigenvalue weighted by Gasteiger charge is -2.57. The predicted octanol–water partition coefficient (Wildman–Crippen LogP) is 2.05. The molecule has 7 rings (SSSR count). The number of hydrogen-bond donors (Lipinski definition) is 2. The standard InChI is InChI=1S/C19H20N2O2/c1-2-9-8-21-12-6-10(9)15-13(21)7-19(18(15)23)11-4-3-5-14(22)16(11)20-17(12)19/h2-5,10,12-13,15,17,20,22H,6-8H2,1H3. The molecule has 1 aromatic carbocycles. The minimum absolute atomic E-state index is 0.128. The zero-order valence-corrected chi connectivity index (χ0v) is 13.1. The van der Waals surface area contributed by atoms with Crippen LogP contribution in [-0.4, -0.2) is 40.5 Å². The van der Waals surface area contributed by atoms with Crippen molar-refractivity contribution in [3.8, 4) is 5.75 Å². The summed E-state index contributed by atoms with van der Waals surface area (Å²) in [6, 6.07) is 6.61. The van der Waals surface area contributed by atoms with E-state index in [2.05, 4.69) is 29.3 Å². The number of Topliss-reactive ketones (excluding diaryl/α,β-unsaturated/α-hetero) is 1. The topological polar surface area (TPSA) is 52.6 Å². The van der Waals surface area contributed by atoms with Crippen LogP contribution >= 0.6 is 0 Å². The Bertz CT molecular complexity index is 801. The summed E-state index contributed by atoms with van der Waals surface area (Å²) in [7, 11) is 0. The van der Waals surface area contributed by atoms with Crippen LogP contribution < -0.4 is 5.32 Å². The number of carbonyl (C=O) groups excluding carboxylic acids is 1. The Labute approximate surface area is 135 Å². The molecule has 1 aromatic rings. The molecule has 6 aliphatic rings. The first-order chi connectivity index (χ1) is 11.2. The van der Waals surface area contributed by atoms with Crippen LogP contribution in [-0.2, 0) is 10.2 Å². The molecule has 1 spiro atoms. The van der Waals surface area contributed by atoms with Crippen molar-refractivity contribution in [2.75, 3.05) is 11.9 Å². The maximum Gasteiger partial charge on any atom is 0.150 e. The molecule has 118 valence electrons. The summed E-state index contributed by atoms with van der Waals surface area (Å²) in [6.07, 6.45) is 4.24. The van der Waals surface area contributed by atoms with Crippen LogP contribution in [0.4, 0.5) is 5.69 Å². The smallest absolute Gasteiger partial charge is 0.150 e. The Kier molecular flexibility index (Phi) is 1.99. The van der Waals surface area contributed by atoms with Crippen molar-refractivity contribution in [2.24, 2.45) is 11.8 Å². The molecule has 5 bridgehead atoms. The number of fused-ring (bicyclic) bond motifs is 2. The molecule has 0 radical (unpaired) electrons. The molecule has 4 nitrogen and oxygen atoms in total. The molecule has 23 heavy (non-hydrogen) atoms. The number of aromatic hydroxyl groups is 1. The predicted molar refractivity (Wildman–Crippen MR) is 86.5 cm³/mol. The minimum Gasteiger partial charge on any atom is -0.506 e. The van der Waals surface area contributed by atoms with Crippen LogP contribution in [0.5, 0.6) is 5.75 Å². The molecule has 4 heteroatoms. The van der Waals surface area contributed by atoms with Crippen molar-refractivity contribution in [3.05, 3.63) is 35.4 Å². The second-order valence-electron chi connectivity index (χ2n) is 7.90. The van der Waals surface area contributed by atoms with E-state index in [4.69, 9.17) is 0 Å². The molecule has 0 amide bonds. The van der Waals surface area contributed by atoms with Gasteiger partial charge in [-0.25, -0.2) is 0 Å². The van der Waals surface area contributed by atoms with Crippen molar-refractivity contribution < 1.29 is 9.90 Å². The first-order valence-corrected chi connectivity index (χ1v) is 8.71. The summed E-state index contributed by atoms with van der Waals surface area (Å²) in [6.45, 7) is 3.14. The van der Waals surface area contributed by atoms with Gasteiger partial charge in [0.15, 0.2) is 5.78 Å². The highest BCUT2D eigenvalue weighted by Crippen LogP contribution is 2.65. The van der Waals surface area contributed by atoms with E-state index < -0.39 is 5.41 Å². The second-order valence-corrected chi connectivity index (χ2v) is 7.90. The zero-order chi connectivity index (χ0) is 15.5. The molecule has 5 aliphatic heterocycles. The zero-order valence-electron chi connectivity index (χ0n) is 13.1. The lowest BCUT2D eigenvalue weighted by molar-refractivity contribution is -0.126. The van der Waals surface area contributed by atoms with E-state index >= 15 is 0 Å². The number of ketones is 1. The van der Waals surface area contributed by atoms with Gasteiger partial charge in [0.1, 0.15) is 5.75 Å². The van der Waals surface area contributed by atoms with Crippen molar-refractivity contribution in [1.29, 1.82) is 0 Å². The number of benzene rings is 1. The number of anilines is 1. The Hall–Kier alpha value is -1.81. The lowest BCUT2D eigenvalue weighted by Crippen LogP contribution is -2.66. The van der Waals surface area contributed by atoms with Crippen LogP contribution in [0, 0.1) is 11.8 Å². The van der Waals surface area contributed by atoms with E-state index in [0.717, 1.165) is 30.6 Å². The van der Waals surface area contributed by atoms with E-state index in [9.17, 15) is 9.90 Å². The van der Waals surface area contributed by atoms with Gasteiger partial charge in [-0.2, -0.15) is 0 Å². The van der Waals surface area contributed by atoms with Gasteiger partial charge >= 0.3 is 0 Å². The molecule has 0 aromatic heterocycles. The molecule has 5 fully saturated rings. The second kappa shape index (κ2) is 3.64. The van der Waals surface area contributed by atoms with Crippen LogP contribution in [0.25, 0.3) is 0 Å². The van der Waals surface area contributed by atoms with E-state index in [-0.39, 0.29) is 17.7 Å². The van der Waals surface area contributed by atoms with Crippen molar-refractivity contribution in [3.63, 3.8) is 0 Å². The average Bonchev–Trinajstić information content (AvgIpc) is 3.03. The van der Waals surface area contributed by atoms with Gasteiger partial charge < -0.3 is 10.4 Å². The Morgan fingerprint density at radius 2 is 2.26 bits per heavy atom. The largest absolute Gasteiger partial charge is 0.506 e. The quantitative estimate of drug-likeness (QED) is 0.569. The Balaban J connectivity index is 1.62. The fourth-order valence-corrected chi connectivity index (χ4v) is 6.63. The normalized spacial score (nSPS) is 49.4. The Morgan fingerprint density at radius 3 is 3.09 bits per heavy atom. The summed E-state index contributed by atoms with van der Waals surface area (Å²) in [5, 5.41) is 13.8. The lowest BCUT2D eigenvalue weighted by atomic mass is 9.65. The number of phenolic OH excluding ortho intramolecular Hbond substituents is 1. The first-order valence-electron chi connectivity index (χ1n) is 8.71. The van der Waals surface area contributed by atoms with E-state index in [0.29, 0.717) is 23.8 Å². The maximum atomic E-state index is 13.6. The molecule has 1 aliphatic carbocycles. The molecular weight excluding hydrogens is 288 g/mol. The number of nitrogens with one attached hydrogen (secondary N) is 1. The van der Waals surface area contributed by atoms with Gasteiger partial charge in [0.25, 0.3) is 0 Å². The van der Waals surface area contributed by atoms with Crippen molar-refractivity contribution in [1.82, 2.24) is 4.90 Å². The summed E-state index contributed by atoms with van der Waals surface area (Å²) in [5.41, 5.74) is 2.92.